The Morgan fingerprint density at radius 1 is 1.13 bits per heavy atom. The number of carbonyl (C=O) groups is 1. The van der Waals surface area contributed by atoms with E-state index in [1.807, 2.05) is 36.4 Å². The van der Waals surface area contributed by atoms with Gasteiger partial charge in [-0.2, -0.15) is 0 Å². The van der Waals surface area contributed by atoms with Gasteiger partial charge in [0.2, 0.25) is 0 Å². The maximum Gasteiger partial charge on any atom is 0.306 e. The normalized spacial score (nSPS) is 18.6. The number of aryl methyl sites for hydroxylation is 1. The summed E-state index contributed by atoms with van der Waals surface area (Å²) in [6, 6.07) is 16.1. The second-order valence-electron chi connectivity index (χ2n) is 8.00. The first-order valence-corrected chi connectivity index (χ1v) is 11.4. The smallest absolute Gasteiger partial charge is 0.306 e. The van der Waals surface area contributed by atoms with Crippen LogP contribution in [-0.4, -0.2) is 27.6 Å². The van der Waals surface area contributed by atoms with E-state index in [9.17, 15) is 9.90 Å². The summed E-state index contributed by atoms with van der Waals surface area (Å²) in [7, 11) is 0. The van der Waals surface area contributed by atoms with Gasteiger partial charge >= 0.3 is 5.97 Å². The number of carboxylic acids is 1. The summed E-state index contributed by atoms with van der Waals surface area (Å²) in [5.41, 5.74) is 3.42. The van der Waals surface area contributed by atoms with Crippen molar-refractivity contribution in [3.05, 3.63) is 64.7 Å². The zero-order valence-corrected chi connectivity index (χ0v) is 18.9. The number of rotatable bonds is 7. The van der Waals surface area contributed by atoms with Gasteiger partial charge in [-0.25, -0.2) is 0 Å². The molecule has 30 heavy (non-hydrogen) atoms. The molecule has 0 heterocycles. The molecule has 4 nitrogen and oxygen atoms in total. The first kappa shape index (κ1) is 22.6. The highest BCUT2D eigenvalue weighted by Gasteiger charge is 2.27. The number of aliphatic carboxylic acids is 1. The van der Waals surface area contributed by atoms with Crippen molar-refractivity contribution < 1.29 is 9.90 Å². The van der Waals surface area contributed by atoms with Crippen molar-refractivity contribution in [2.45, 2.75) is 45.6 Å². The summed E-state index contributed by atoms with van der Waals surface area (Å²) in [6.45, 7) is 3.64. The number of hydrogen-bond acceptors (Lipinski definition) is 2. The van der Waals surface area contributed by atoms with Crippen molar-refractivity contribution in [1.29, 1.82) is 0 Å². The van der Waals surface area contributed by atoms with Crippen LogP contribution in [0, 0.1) is 11.8 Å². The molecule has 3 rings (SSSR count). The van der Waals surface area contributed by atoms with Gasteiger partial charge in [0.25, 0.3) is 0 Å². The van der Waals surface area contributed by atoms with Crippen LogP contribution in [0.25, 0.3) is 0 Å². The summed E-state index contributed by atoms with van der Waals surface area (Å²) < 4.78 is 0. The van der Waals surface area contributed by atoms with Crippen LogP contribution in [0.4, 0.5) is 5.69 Å². The molecule has 0 amide bonds. The summed E-state index contributed by atoms with van der Waals surface area (Å²) in [4.78, 5) is 13.5. The van der Waals surface area contributed by atoms with Crippen molar-refractivity contribution in [3.63, 3.8) is 0 Å². The van der Waals surface area contributed by atoms with E-state index in [0.717, 1.165) is 54.9 Å². The number of halogens is 1. The van der Waals surface area contributed by atoms with Gasteiger partial charge in [-0.3, -0.25) is 4.79 Å². The number of nitrogens with one attached hydrogen (secondary N) is 1. The number of benzene rings is 2. The molecule has 2 aromatic rings. The zero-order chi connectivity index (χ0) is 21.5. The fourth-order valence-corrected chi connectivity index (χ4v) is 4.45. The average molecular weight is 445 g/mol. The molecule has 0 unspecified atom stereocenters. The Morgan fingerprint density at radius 2 is 1.80 bits per heavy atom. The predicted molar refractivity (Wildman–Crippen MR) is 127 cm³/mol. The second-order valence-corrected chi connectivity index (χ2v) is 8.83. The van der Waals surface area contributed by atoms with E-state index < -0.39 is 5.97 Å². The Hall–Kier alpha value is -2.11. The van der Waals surface area contributed by atoms with E-state index in [0.29, 0.717) is 17.6 Å². The lowest BCUT2D eigenvalue weighted by Gasteiger charge is -2.33. The quantitative estimate of drug-likeness (QED) is 0.513. The minimum absolute atomic E-state index is 0.201. The summed E-state index contributed by atoms with van der Waals surface area (Å²) in [6.07, 6.45) is 4.26. The van der Waals surface area contributed by atoms with Crippen molar-refractivity contribution in [2.75, 3.05) is 11.9 Å². The Morgan fingerprint density at radius 3 is 2.43 bits per heavy atom. The van der Waals surface area contributed by atoms with Gasteiger partial charge in [0.05, 0.1) is 5.92 Å². The molecule has 6 heteroatoms. The van der Waals surface area contributed by atoms with Crippen LogP contribution in [0.5, 0.6) is 0 Å². The van der Waals surface area contributed by atoms with Gasteiger partial charge in [0.15, 0.2) is 5.11 Å². The van der Waals surface area contributed by atoms with Gasteiger partial charge in [0.1, 0.15) is 0 Å². The molecule has 0 aromatic heterocycles. The van der Waals surface area contributed by atoms with E-state index >= 15 is 0 Å². The lowest BCUT2D eigenvalue weighted by molar-refractivity contribution is -0.143. The first-order chi connectivity index (χ1) is 14.5. The second kappa shape index (κ2) is 10.8. The van der Waals surface area contributed by atoms with Crippen LogP contribution >= 0.6 is 23.8 Å². The first-order valence-electron chi connectivity index (χ1n) is 10.6. The maximum absolute atomic E-state index is 11.3. The Labute approximate surface area is 189 Å². The van der Waals surface area contributed by atoms with Crippen LogP contribution in [0.1, 0.15) is 43.7 Å². The van der Waals surface area contributed by atoms with Gasteiger partial charge in [-0.1, -0.05) is 48.9 Å². The number of thiocarbonyl (C=S) groups is 1. The molecule has 1 aliphatic carbocycles. The highest BCUT2D eigenvalue weighted by atomic mass is 35.5. The summed E-state index contributed by atoms with van der Waals surface area (Å²) in [5.74, 6) is -0.429. The number of nitrogens with zero attached hydrogens (tertiary/aromatic N) is 1. The zero-order valence-electron chi connectivity index (χ0n) is 17.3. The standard InChI is InChI=1S/C24H29ClN2O2S/c1-2-19-5-3-4-6-22(19)26-24(30)27(16-18-9-13-21(25)14-10-18)15-17-7-11-20(12-8-17)23(28)29/h3-6,9-10,13-14,17,20H,2,7-8,11-12,15-16H2,1H3,(H,26,30)(H,28,29). The Balaban J connectivity index is 1.72. The lowest BCUT2D eigenvalue weighted by Crippen LogP contribution is -2.39. The monoisotopic (exact) mass is 444 g/mol. The van der Waals surface area contributed by atoms with Crippen LogP contribution in [0.3, 0.4) is 0 Å². The lowest BCUT2D eigenvalue weighted by atomic mass is 9.82. The van der Waals surface area contributed by atoms with E-state index in [2.05, 4.69) is 29.3 Å². The van der Waals surface area contributed by atoms with E-state index in [-0.39, 0.29) is 5.92 Å². The van der Waals surface area contributed by atoms with Crippen molar-refractivity contribution in [1.82, 2.24) is 4.90 Å². The number of hydrogen-bond donors (Lipinski definition) is 2. The van der Waals surface area contributed by atoms with Gasteiger partial charge in [0, 0.05) is 23.8 Å². The van der Waals surface area contributed by atoms with Gasteiger partial charge in [-0.15, -0.1) is 0 Å². The predicted octanol–water partition coefficient (Wildman–Crippen LogP) is 5.99. The van der Waals surface area contributed by atoms with Crippen LogP contribution in [0.15, 0.2) is 48.5 Å². The van der Waals surface area contributed by atoms with Crippen LogP contribution in [-0.2, 0) is 17.8 Å². The third-order valence-corrected chi connectivity index (χ3v) is 6.50. The van der Waals surface area contributed by atoms with Gasteiger partial charge < -0.3 is 15.3 Å². The molecule has 1 fully saturated rings. The molecule has 1 aliphatic rings. The number of carboxylic acid groups (broad SMARTS) is 1. The summed E-state index contributed by atoms with van der Waals surface area (Å²) in [5, 5.41) is 14.1. The number of anilines is 1. The molecule has 2 aromatic carbocycles. The van der Waals surface area contributed by atoms with E-state index in [1.54, 1.807) is 0 Å². The average Bonchev–Trinajstić information content (AvgIpc) is 2.75. The molecular formula is C24H29ClN2O2S. The molecule has 0 bridgehead atoms. The molecule has 0 radical (unpaired) electrons. The van der Waals surface area contributed by atoms with E-state index in [4.69, 9.17) is 23.8 Å². The topological polar surface area (TPSA) is 52.6 Å². The molecule has 0 saturated heterocycles. The highest BCUT2D eigenvalue weighted by molar-refractivity contribution is 7.80. The van der Waals surface area contributed by atoms with Crippen LogP contribution < -0.4 is 5.32 Å². The Kier molecular flexibility index (Phi) is 8.11. The number of para-hydroxylation sites is 1. The Bertz CT molecular complexity index is 864. The minimum Gasteiger partial charge on any atom is -0.481 e. The fraction of sp³-hybridized carbons (Fsp3) is 0.417. The van der Waals surface area contributed by atoms with Crippen molar-refractivity contribution in [3.8, 4) is 0 Å². The van der Waals surface area contributed by atoms with Crippen LogP contribution in [0.2, 0.25) is 5.02 Å². The van der Waals surface area contributed by atoms with E-state index in [1.165, 1.54) is 5.56 Å². The molecule has 0 spiro atoms. The SMILES string of the molecule is CCc1ccccc1NC(=S)N(Cc1ccc(Cl)cc1)CC1CCC(C(=O)O)CC1. The fourth-order valence-electron chi connectivity index (χ4n) is 4.08. The third kappa shape index (κ3) is 6.19. The van der Waals surface area contributed by atoms with Crippen molar-refractivity contribution >= 4 is 40.6 Å². The third-order valence-electron chi connectivity index (χ3n) is 5.89. The van der Waals surface area contributed by atoms with Gasteiger partial charge in [-0.05, 0) is 79.6 Å². The minimum atomic E-state index is -0.667. The molecule has 2 N–H and O–H groups in total. The largest absolute Gasteiger partial charge is 0.481 e. The van der Waals surface area contributed by atoms with Crippen molar-refractivity contribution in [2.24, 2.45) is 11.8 Å². The molecule has 0 atom stereocenters. The highest BCUT2D eigenvalue weighted by Crippen LogP contribution is 2.30. The molecule has 0 aliphatic heterocycles. The molecule has 1 saturated carbocycles. The molecular weight excluding hydrogens is 416 g/mol. The maximum atomic E-state index is 11.3. The molecule has 160 valence electrons. The summed E-state index contributed by atoms with van der Waals surface area (Å²) >= 11 is 11.9.